The topological polar surface area (TPSA) is 139 Å². The molecule has 2 unspecified atom stereocenters. The van der Waals surface area contributed by atoms with Gasteiger partial charge in [-0.1, -0.05) is 25.0 Å². The Morgan fingerprint density at radius 3 is 2.57 bits per heavy atom. The highest BCUT2D eigenvalue weighted by Crippen LogP contribution is 2.29. The van der Waals surface area contributed by atoms with E-state index in [2.05, 4.69) is 10.6 Å². The second kappa shape index (κ2) is 9.57. The lowest BCUT2D eigenvalue weighted by molar-refractivity contribution is -0.136. The summed E-state index contributed by atoms with van der Waals surface area (Å²) in [5.74, 6) is -0.408. The Kier molecular flexibility index (Phi) is 7.09. The van der Waals surface area contributed by atoms with Gasteiger partial charge in [0.05, 0.1) is 10.8 Å². The van der Waals surface area contributed by atoms with Crippen LogP contribution in [0.4, 0.5) is 4.79 Å². The monoisotopic (exact) mass is 436 g/mol. The maximum Gasteiger partial charge on any atom is 0.324 e. The van der Waals surface area contributed by atoms with Crippen molar-refractivity contribution >= 4 is 27.9 Å². The fourth-order valence-electron chi connectivity index (χ4n) is 4.03. The Balaban J connectivity index is 1.37. The van der Waals surface area contributed by atoms with Crippen LogP contribution >= 0.6 is 0 Å². The van der Waals surface area contributed by atoms with Crippen LogP contribution in [-0.2, 0) is 26.0 Å². The molecule has 2 aliphatic rings. The third-order valence-corrected chi connectivity index (χ3v) is 6.61. The summed E-state index contributed by atoms with van der Waals surface area (Å²) in [6.45, 7) is 0.636. The van der Waals surface area contributed by atoms with Gasteiger partial charge < -0.3 is 10.6 Å². The van der Waals surface area contributed by atoms with E-state index in [0.717, 1.165) is 31.2 Å². The van der Waals surface area contributed by atoms with E-state index in [9.17, 15) is 22.8 Å². The number of hydrogen-bond donors (Lipinski definition) is 3. The molecule has 30 heavy (non-hydrogen) atoms. The van der Waals surface area contributed by atoms with Crippen molar-refractivity contribution in [3.05, 3.63) is 29.8 Å². The van der Waals surface area contributed by atoms with E-state index in [0.29, 0.717) is 19.4 Å². The summed E-state index contributed by atoms with van der Waals surface area (Å²) in [6, 6.07) is 5.79. The van der Waals surface area contributed by atoms with Gasteiger partial charge in [0.15, 0.2) is 0 Å². The van der Waals surface area contributed by atoms with Crippen molar-refractivity contribution in [2.45, 2.75) is 55.9 Å². The molecule has 0 spiro atoms. The number of fused-ring (bicyclic) bond motifs is 1. The molecule has 2 fully saturated rings. The average Bonchev–Trinajstić information content (AvgIpc) is 2.70. The van der Waals surface area contributed by atoms with Crippen LogP contribution in [0.15, 0.2) is 29.2 Å². The summed E-state index contributed by atoms with van der Waals surface area (Å²) in [7, 11) is -3.71. The van der Waals surface area contributed by atoms with E-state index in [1.165, 1.54) is 17.0 Å². The molecule has 0 radical (unpaired) electrons. The molecule has 4 amide bonds. The number of rotatable bonds is 8. The van der Waals surface area contributed by atoms with Crippen molar-refractivity contribution in [3.63, 3.8) is 0 Å². The van der Waals surface area contributed by atoms with Gasteiger partial charge in [0.1, 0.15) is 0 Å². The fraction of sp³-hybridized carbons (Fsp3) is 0.550. The summed E-state index contributed by atoms with van der Waals surface area (Å²) in [5, 5.41) is 10.8. The van der Waals surface area contributed by atoms with Gasteiger partial charge in [0, 0.05) is 25.6 Å². The predicted molar refractivity (Wildman–Crippen MR) is 110 cm³/mol. The summed E-state index contributed by atoms with van der Waals surface area (Å²) in [5.41, 5.74) is 0.875. The summed E-state index contributed by atoms with van der Waals surface area (Å²) >= 11 is 0. The number of carbonyl (C=O) groups is 3. The second-order valence-electron chi connectivity index (χ2n) is 7.83. The molecule has 3 rings (SSSR count). The molecular formula is C20H28N4O5S. The maximum absolute atomic E-state index is 12.6. The van der Waals surface area contributed by atoms with Crippen LogP contribution in [0.1, 0.15) is 44.1 Å². The van der Waals surface area contributed by atoms with Crippen LogP contribution in [0, 0.1) is 5.92 Å². The van der Waals surface area contributed by atoms with Crippen LogP contribution in [0.25, 0.3) is 0 Å². The lowest BCUT2D eigenvalue weighted by Gasteiger charge is -2.39. The van der Waals surface area contributed by atoms with Crippen LogP contribution in [-0.4, -0.2) is 50.3 Å². The van der Waals surface area contributed by atoms with Crippen molar-refractivity contribution < 1.29 is 22.8 Å². The molecule has 0 bridgehead atoms. The van der Waals surface area contributed by atoms with Crippen molar-refractivity contribution in [2.75, 3.05) is 13.1 Å². The van der Waals surface area contributed by atoms with Gasteiger partial charge >= 0.3 is 6.03 Å². The van der Waals surface area contributed by atoms with E-state index in [1.54, 1.807) is 12.1 Å². The zero-order valence-corrected chi connectivity index (χ0v) is 17.6. The van der Waals surface area contributed by atoms with E-state index in [-0.39, 0.29) is 47.7 Å². The molecule has 2 atom stereocenters. The van der Waals surface area contributed by atoms with Crippen LogP contribution in [0.5, 0.6) is 0 Å². The highest BCUT2D eigenvalue weighted by molar-refractivity contribution is 7.89. The van der Waals surface area contributed by atoms with Crippen molar-refractivity contribution in [2.24, 2.45) is 11.1 Å². The smallest absolute Gasteiger partial charge is 0.324 e. The number of carbonyl (C=O) groups excluding carboxylic acids is 3. The standard InChI is InChI=1S/C20H28N4O5S/c21-30(28,29)15-9-7-14(8-10-15)11-12-22-18(25)6-3-13-24-19(26)16-4-1-2-5-17(16)23-20(24)27/h7-10,16-17H,1-6,11-13H2,(H,22,25)(H,23,27)(H2,21,28,29). The molecule has 1 aliphatic carbocycles. The van der Waals surface area contributed by atoms with Gasteiger partial charge in [-0.15, -0.1) is 0 Å². The lowest BCUT2D eigenvalue weighted by Crippen LogP contribution is -2.60. The van der Waals surface area contributed by atoms with Gasteiger partial charge in [0.2, 0.25) is 21.8 Å². The second-order valence-corrected chi connectivity index (χ2v) is 9.39. The van der Waals surface area contributed by atoms with Gasteiger partial charge in [0.25, 0.3) is 0 Å². The summed E-state index contributed by atoms with van der Waals surface area (Å²) < 4.78 is 22.5. The first-order valence-electron chi connectivity index (χ1n) is 10.3. The Hall–Kier alpha value is -2.46. The third kappa shape index (κ3) is 5.57. The first-order chi connectivity index (χ1) is 14.3. The number of nitrogens with one attached hydrogen (secondary N) is 2. The van der Waals surface area contributed by atoms with Gasteiger partial charge in [-0.25, -0.2) is 18.4 Å². The predicted octanol–water partition coefficient (Wildman–Crippen LogP) is 0.883. The molecule has 1 aromatic rings. The number of nitrogens with two attached hydrogens (primary N) is 1. The first-order valence-corrected chi connectivity index (χ1v) is 11.8. The number of urea groups is 1. The van der Waals surface area contributed by atoms with Crippen LogP contribution in [0.2, 0.25) is 0 Å². The van der Waals surface area contributed by atoms with Gasteiger partial charge in [-0.05, 0) is 43.4 Å². The number of sulfonamides is 1. The van der Waals surface area contributed by atoms with Gasteiger partial charge in [-0.3, -0.25) is 14.5 Å². The Labute approximate surface area is 176 Å². The Morgan fingerprint density at radius 1 is 1.17 bits per heavy atom. The van der Waals surface area contributed by atoms with Crippen molar-refractivity contribution in [1.29, 1.82) is 0 Å². The number of hydrogen-bond acceptors (Lipinski definition) is 5. The molecular weight excluding hydrogens is 408 g/mol. The SMILES string of the molecule is NS(=O)(=O)c1ccc(CCNC(=O)CCCN2C(=O)NC3CCCCC3C2=O)cc1. The van der Waals surface area contributed by atoms with Crippen molar-refractivity contribution in [3.8, 4) is 0 Å². The molecule has 1 aromatic carbocycles. The quantitative estimate of drug-likeness (QED) is 0.555. The zero-order valence-electron chi connectivity index (χ0n) is 16.8. The molecule has 1 saturated heterocycles. The first kappa shape index (κ1) is 22.2. The van der Waals surface area contributed by atoms with E-state index >= 15 is 0 Å². The molecule has 1 saturated carbocycles. The molecule has 1 aliphatic heterocycles. The molecule has 10 heteroatoms. The third-order valence-electron chi connectivity index (χ3n) is 5.68. The highest BCUT2D eigenvalue weighted by atomic mass is 32.2. The van der Waals surface area contributed by atoms with Crippen LogP contribution in [0.3, 0.4) is 0 Å². The number of benzene rings is 1. The maximum atomic E-state index is 12.6. The number of imide groups is 1. The van der Waals surface area contributed by atoms with E-state index in [4.69, 9.17) is 5.14 Å². The number of amides is 4. The minimum absolute atomic E-state index is 0.0441. The summed E-state index contributed by atoms with van der Waals surface area (Å²) in [6.07, 6.45) is 4.87. The highest BCUT2D eigenvalue weighted by Gasteiger charge is 2.41. The van der Waals surface area contributed by atoms with E-state index < -0.39 is 10.0 Å². The van der Waals surface area contributed by atoms with Crippen LogP contribution < -0.4 is 15.8 Å². The molecule has 9 nitrogen and oxygen atoms in total. The van der Waals surface area contributed by atoms with Crippen molar-refractivity contribution in [1.82, 2.24) is 15.5 Å². The average molecular weight is 437 g/mol. The molecule has 164 valence electrons. The largest absolute Gasteiger partial charge is 0.356 e. The molecule has 0 aromatic heterocycles. The summed E-state index contributed by atoms with van der Waals surface area (Å²) in [4.78, 5) is 38.1. The van der Waals surface area contributed by atoms with E-state index in [1.807, 2.05) is 0 Å². The minimum Gasteiger partial charge on any atom is -0.356 e. The lowest BCUT2D eigenvalue weighted by atomic mass is 9.82. The minimum atomic E-state index is -3.71. The zero-order chi connectivity index (χ0) is 21.7. The fourth-order valence-corrected chi connectivity index (χ4v) is 4.54. The molecule has 1 heterocycles. The molecule has 4 N–H and O–H groups in total. The number of nitrogens with zero attached hydrogens (tertiary/aromatic N) is 1. The van der Waals surface area contributed by atoms with Gasteiger partial charge in [-0.2, -0.15) is 0 Å². The Bertz CT molecular complexity index is 900. The number of primary sulfonamides is 1. The Morgan fingerprint density at radius 2 is 1.87 bits per heavy atom. The normalized spacial score (nSPS) is 21.7.